The number of rotatable bonds is 3. The fraction of sp³-hybridized carbons (Fsp3) is 0.333. The molecule has 1 aromatic carbocycles. The Morgan fingerprint density at radius 3 is 3.10 bits per heavy atom. The molecule has 1 heterocycles. The van der Waals surface area contributed by atoms with E-state index in [2.05, 4.69) is 33.6 Å². The summed E-state index contributed by atoms with van der Waals surface area (Å²) < 4.78 is 1.71. The predicted octanol–water partition coefficient (Wildman–Crippen LogP) is 3.30. The van der Waals surface area contributed by atoms with E-state index in [1.54, 1.807) is 11.0 Å². The second-order valence-corrected chi connectivity index (χ2v) is 5.87. The van der Waals surface area contributed by atoms with Crippen molar-refractivity contribution in [1.29, 1.82) is 0 Å². The number of allylic oxidation sites excluding steroid dienone is 1. The summed E-state index contributed by atoms with van der Waals surface area (Å²) in [5.74, 6) is 1.50. The highest BCUT2D eigenvalue weighted by molar-refractivity contribution is 6.33. The van der Waals surface area contributed by atoms with Gasteiger partial charge in [-0.25, -0.2) is 9.67 Å². The number of benzene rings is 1. The third-order valence-electron chi connectivity index (χ3n) is 4.34. The Labute approximate surface area is 122 Å². The molecule has 3 unspecified atom stereocenters. The molecule has 1 saturated carbocycles. The van der Waals surface area contributed by atoms with Crippen molar-refractivity contribution in [3.05, 3.63) is 48.0 Å². The maximum Gasteiger partial charge on any atom is 0.138 e. The van der Waals surface area contributed by atoms with Gasteiger partial charge < -0.3 is 5.32 Å². The number of halogens is 1. The van der Waals surface area contributed by atoms with E-state index in [1.807, 2.05) is 12.1 Å². The lowest BCUT2D eigenvalue weighted by Gasteiger charge is -2.41. The second-order valence-electron chi connectivity index (χ2n) is 5.46. The Bertz CT molecular complexity index is 650. The zero-order valence-electron chi connectivity index (χ0n) is 10.9. The van der Waals surface area contributed by atoms with Gasteiger partial charge in [-0.3, -0.25) is 0 Å². The van der Waals surface area contributed by atoms with Gasteiger partial charge in [0.25, 0.3) is 0 Å². The summed E-state index contributed by atoms with van der Waals surface area (Å²) in [6, 6.07) is 6.39. The van der Waals surface area contributed by atoms with Crippen molar-refractivity contribution in [2.24, 2.45) is 11.8 Å². The summed E-state index contributed by atoms with van der Waals surface area (Å²) in [4.78, 5) is 4.00. The second kappa shape index (κ2) is 4.63. The van der Waals surface area contributed by atoms with Crippen LogP contribution in [0.5, 0.6) is 0 Å². The third-order valence-corrected chi connectivity index (χ3v) is 4.64. The van der Waals surface area contributed by atoms with Crippen LogP contribution in [0.3, 0.4) is 0 Å². The van der Waals surface area contributed by atoms with Gasteiger partial charge in [0.1, 0.15) is 18.3 Å². The van der Waals surface area contributed by atoms with Gasteiger partial charge in [0.15, 0.2) is 0 Å². The van der Waals surface area contributed by atoms with Crippen LogP contribution >= 0.6 is 11.6 Å². The summed E-state index contributed by atoms with van der Waals surface area (Å²) in [5.41, 5.74) is 1.89. The molecule has 2 aromatic rings. The van der Waals surface area contributed by atoms with E-state index < -0.39 is 0 Å². The molecule has 0 bridgehead atoms. The number of hydrogen-bond acceptors (Lipinski definition) is 3. The fourth-order valence-corrected chi connectivity index (χ4v) is 3.53. The first-order valence-electron chi connectivity index (χ1n) is 6.89. The highest BCUT2D eigenvalue weighted by Crippen LogP contribution is 2.44. The number of para-hydroxylation sites is 1. The Morgan fingerprint density at radius 1 is 1.35 bits per heavy atom. The summed E-state index contributed by atoms with van der Waals surface area (Å²) in [7, 11) is 0. The fourth-order valence-electron chi connectivity index (χ4n) is 3.27. The third kappa shape index (κ3) is 1.83. The minimum Gasteiger partial charge on any atom is -0.380 e. The molecular formula is C15H15ClN4. The lowest BCUT2D eigenvalue weighted by Crippen LogP contribution is -2.43. The monoisotopic (exact) mass is 286 g/mol. The molecule has 4 rings (SSSR count). The van der Waals surface area contributed by atoms with Crippen LogP contribution in [0.2, 0.25) is 5.02 Å². The van der Waals surface area contributed by atoms with E-state index in [0.29, 0.717) is 17.0 Å². The lowest BCUT2D eigenvalue weighted by molar-refractivity contribution is 0.218. The Kier molecular flexibility index (Phi) is 2.77. The molecule has 0 radical (unpaired) electrons. The van der Waals surface area contributed by atoms with Crippen molar-refractivity contribution in [3.63, 3.8) is 0 Å². The molecule has 2 aliphatic rings. The zero-order valence-corrected chi connectivity index (χ0v) is 11.7. The number of hydrogen-bond donors (Lipinski definition) is 1. The summed E-state index contributed by atoms with van der Waals surface area (Å²) in [6.45, 7) is 0. The van der Waals surface area contributed by atoms with Gasteiger partial charge >= 0.3 is 0 Å². The quantitative estimate of drug-likeness (QED) is 0.881. The molecule has 0 amide bonds. The van der Waals surface area contributed by atoms with Crippen molar-refractivity contribution in [1.82, 2.24) is 14.8 Å². The van der Waals surface area contributed by atoms with E-state index in [-0.39, 0.29) is 0 Å². The zero-order chi connectivity index (χ0) is 13.5. The van der Waals surface area contributed by atoms with Crippen molar-refractivity contribution in [2.45, 2.75) is 18.9 Å². The molecular weight excluding hydrogens is 272 g/mol. The van der Waals surface area contributed by atoms with E-state index in [1.165, 1.54) is 19.2 Å². The lowest BCUT2D eigenvalue weighted by atomic mass is 9.71. The largest absolute Gasteiger partial charge is 0.380 e. The topological polar surface area (TPSA) is 42.7 Å². The Hall–Kier alpha value is -1.81. The van der Waals surface area contributed by atoms with Crippen molar-refractivity contribution < 1.29 is 0 Å². The standard InChI is InChI=1S/C15H15ClN4/c16-12-5-2-6-13(15(12)20-9-17-8-18-20)19-14-7-10-3-1-4-11(10)14/h1-2,4-6,8-11,14,19H,3,7H2. The number of anilines is 1. The van der Waals surface area contributed by atoms with Crippen molar-refractivity contribution in [3.8, 4) is 5.69 Å². The number of aromatic nitrogens is 3. The number of fused-ring (bicyclic) bond motifs is 1. The van der Waals surface area contributed by atoms with Gasteiger partial charge in [0.2, 0.25) is 0 Å². The van der Waals surface area contributed by atoms with Crippen LogP contribution in [0.1, 0.15) is 12.8 Å². The van der Waals surface area contributed by atoms with Crippen LogP contribution in [-0.2, 0) is 0 Å². The van der Waals surface area contributed by atoms with Gasteiger partial charge in [0.05, 0.1) is 10.7 Å². The van der Waals surface area contributed by atoms with Crippen molar-refractivity contribution in [2.75, 3.05) is 5.32 Å². The first kappa shape index (κ1) is 12.0. The molecule has 0 saturated heterocycles. The highest BCUT2D eigenvalue weighted by atomic mass is 35.5. The van der Waals surface area contributed by atoms with Crippen LogP contribution in [0, 0.1) is 11.8 Å². The molecule has 2 aliphatic carbocycles. The first-order valence-corrected chi connectivity index (χ1v) is 7.27. The normalized spacial score (nSPS) is 27.1. The smallest absolute Gasteiger partial charge is 0.138 e. The summed E-state index contributed by atoms with van der Waals surface area (Å²) in [6.07, 6.45) is 10.3. The van der Waals surface area contributed by atoms with Crippen LogP contribution in [-0.4, -0.2) is 20.8 Å². The molecule has 102 valence electrons. The Balaban J connectivity index is 1.65. The molecule has 3 atom stereocenters. The highest BCUT2D eigenvalue weighted by Gasteiger charge is 2.41. The minimum atomic E-state index is 0.500. The Morgan fingerprint density at radius 2 is 2.30 bits per heavy atom. The predicted molar refractivity (Wildman–Crippen MR) is 79.1 cm³/mol. The van der Waals surface area contributed by atoms with Crippen LogP contribution < -0.4 is 5.32 Å². The van der Waals surface area contributed by atoms with E-state index in [0.717, 1.165) is 17.3 Å². The summed E-state index contributed by atoms with van der Waals surface area (Å²) >= 11 is 6.33. The maximum atomic E-state index is 6.33. The number of nitrogens with zero attached hydrogens (tertiary/aromatic N) is 3. The van der Waals surface area contributed by atoms with Crippen molar-refractivity contribution >= 4 is 17.3 Å². The maximum absolute atomic E-state index is 6.33. The molecule has 0 aliphatic heterocycles. The van der Waals surface area contributed by atoms with E-state index in [9.17, 15) is 0 Å². The van der Waals surface area contributed by atoms with Gasteiger partial charge in [-0.05, 0) is 30.9 Å². The molecule has 1 aromatic heterocycles. The van der Waals surface area contributed by atoms with Gasteiger partial charge in [-0.15, -0.1) is 0 Å². The van der Waals surface area contributed by atoms with Gasteiger partial charge in [0, 0.05) is 12.0 Å². The minimum absolute atomic E-state index is 0.500. The molecule has 5 heteroatoms. The molecule has 4 nitrogen and oxygen atoms in total. The van der Waals surface area contributed by atoms with E-state index >= 15 is 0 Å². The molecule has 0 spiro atoms. The molecule has 20 heavy (non-hydrogen) atoms. The van der Waals surface area contributed by atoms with Gasteiger partial charge in [-0.1, -0.05) is 29.8 Å². The van der Waals surface area contributed by atoms with E-state index in [4.69, 9.17) is 11.6 Å². The molecule has 1 N–H and O–H groups in total. The van der Waals surface area contributed by atoms with Gasteiger partial charge in [-0.2, -0.15) is 5.10 Å². The molecule has 1 fully saturated rings. The van der Waals surface area contributed by atoms with Crippen LogP contribution in [0.25, 0.3) is 5.69 Å². The first-order chi connectivity index (χ1) is 9.83. The van der Waals surface area contributed by atoms with Crippen LogP contribution in [0.4, 0.5) is 5.69 Å². The van der Waals surface area contributed by atoms with Crippen LogP contribution in [0.15, 0.2) is 43.0 Å². The average Bonchev–Trinajstić information content (AvgIpc) is 3.05. The average molecular weight is 287 g/mol. The number of nitrogens with one attached hydrogen (secondary N) is 1. The SMILES string of the molecule is Clc1cccc(NC2CC3CC=CC32)c1-n1cncn1. The summed E-state index contributed by atoms with van der Waals surface area (Å²) in [5, 5.41) is 8.49.